The molecule has 168 valence electrons. The maximum atomic E-state index is 13.3. The molecule has 1 atom stereocenters. The van der Waals surface area contributed by atoms with E-state index in [9.17, 15) is 22.3 Å². The monoisotopic (exact) mass is 474 g/mol. The van der Waals surface area contributed by atoms with Crippen molar-refractivity contribution >= 4 is 26.3 Å². The van der Waals surface area contributed by atoms with Gasteiger partial charge in [-0.05, 0) is 36.4 Å². The molecule has 0 radical (unpaired) electrons. The van der Waals surface area contributed by atoms with E-state index in [1.807, 2.05) is 0 Å². The van der Waals surface area contributed by atoms with Crippen molar-refractivity contribution in [2.75, 3.05) is 18.9 Å². The summed E-state index contributed by atoms with van der Waals surface area (Å²) in [6, 6.07) is 15.9. The van der Waals surface area contributed by atoms with Crippen LogP contribution in [0.15, 0.2) is 82.8 Å². The van der Waals surface area contributed by atoms with Crippen molar-refractivity contribution in [2.45, 2.75) is 15.0 Å². The standard InChI is InChI=1S/C22H22N2O6S2/c25-22(16-6-5-11-23-14-16)24-12-13-30-18-9-4-10-19-21(18)20(15-31(19,26)27)32(28,29)17-7-2-1-3-8-17/h1-11,14,20,26-27H,12-13,15H2,(H,24,25). The molecule has 1 aliphatic heterocycles. The van der Waals surface area contributed by atoms with Crippen molar-refractivity contribution < 1.29 is 27.1 Å². The van der Waals surface area contributed by atoms with Gasteiger partial charge in [-0.25, -0.2) is 8.42 Å². The van der Waals surface area contributed by atoms with Crippen molar-refractivity contribution in [3.05, 3.63) is 84.2 Å². The first-order valence-electron chi connectivity index (χ1n) is 9.79. The van der Waals surface area contributed by atoms with E-state index in [1.54, 1.807) is 48.7 Å². The minimum Gasteiger partial charge on any atom is -0.491 e. The average molecular weight is 475 g/mol. The number of ether oxygens (including phenoxy) is 1. The fourth-order valence-corrected chi connectivity index (χ4v) is 8.02. The van der Waals surface area contributed by atoms with Gasteiger partial charge in [0.1, 0.15) is 17.6 Å². The number of nitrogens with zero attached hydrogens (tertiary/aromatic N) is 1. The first kappa shape index (κ1) is 22.3. The van der Waals surface area contributed by atoms with Crippen molar-refractivity contribution in [3.63, 3.8) is 0 Å². The van der Waals surface area contributed by atoms with Gasteiger partial charge in [0.2, 0.25) is 0 Å². The third kappa shape index (κ3) is 4.35. The molecule has 0 saturated carbocycles. The molecule has 1 aromatic heterocycles. The molecule has 32 heavy (non-hydrogen) atoms. The number of aromatic nitrogens is 1. The van der Waals surface area contributed by atoms with Gasteiger partial charge < -0.3 is 10.1 Å². The molecule has 1 unspecified atom stereocenters. The van der Waals surface area contributed by atoms with Crippen molar-refractivity contribution in [3.8, 4) is 5.75 Å². The van der Waals surface area contributed by atoms with E-state index in [0.717, 1.165) is 0 Å². The summed E-state index contributed by atoms with van der Waals surface area (Å²) in [5.74, 6) is -0.378. The number of hydrogen-bond donors (Lipinski definition) is 3. The Kier molecular flexibility index (Phi) is 6.20. The van der Waals surface area contributed by atoms with Gasteiger partial charge >= 0.3 is 0 Å². The Morgan fingerprint density at radius 2 is 1.88 bits per heavy atom. The van der Waals surface area contributed by atoms with Gasteiger partial charge in [-0.3, -0.25) is 18.9 Å². The summed E-state index contributed by atoms with van der Waals surface area (Å²) >= 11 is 0. The molecule has 8 nitrogen and oxygen atoms in total. The Morgan fingerprint density at radius 3 is 2.59 bits per heavy atom. The Labute approximate surface area is 187 Å². The van der Waals surface area contributed by atoms with Gasteiger partial charge in [-0.15, -0.1) is 0 Å². The molecule has 0 aliphatic carbocycles. The summed E-state index contributed by atoms with van der Waals surface area (Å²) in [5.41, 5.74) is 0.672. The highest BCUT2D eigenvalue weighted by atomic mass is 32.3. The highest BCUT2D eigenvalue weighted by Crippen LogP contribution is 2.63. The molecular formula is C22H22N2O6S2. The van der Waals surface area contributed by atoms with Crippen LogP contribution in [0.25, 0.3) is 0 Å². The maximum Gasteiger partial charge on any atom is 0.252 e. The van der Waals surface area contributed by atoms with Crippen LogP contribution in [0.2, 0.25) is 0 Å². The summed E-state index contributed by atoms with van der Waals surface area (Å²) < 4.78 is 53.5. The first-order chi connectivity index (χ1) is 15.3. The number of fused-ring (bicyclic) bond motifs is 1. The number of pyridine rings is 1. The highest BCUT2D eigenvalue weighted by molar-refractivity contribution is 8.25. The molecule has 2 aromatic carbocycles. The van der Waals surface area contributed by atoms with Crippen LogP contribution in [0.4, 0.5) is 0 Å². The SMILES string of the molecule is O=C(NCCOc1cccc2c1C(S(=O)(=O)c1ccccc1)CS2(O)O)c1cccnc1. The van der Waals surface area contributed by atoms with Gasteiger partial charge in [0, 0.05) is 18.0 Å². The van der Waals surface area contributed by atoms with Gasteiger partial charge in [0.25, 0.3) is 5.91 Å². The molecule has 4 rings (SSSR count). The molecule has 1 amide bonds. The number of nitrogens with one attached hydrogen (secondary N) is 1. The van der Waals surface area contributed by atoms with Crippen LogP contribution in [-0.4, -0.2) is 47.3 Å². The van der Waals surface area contributed by atoms with E-state index >= 15 is 0 Å². The van der Waals surface area contributed by atoms with Gasteiger partial charge in [0.05, 0.1) is 27.7 Å². The van der Waals surface area contributed by atoms with Crippen LogP contribution < -0.4 is 10.1 Å². The van der Waals surface area contributed by atoms with Crippen LogP contribution in [0.3, 0.4) is 0 Å². The number of carbonyl (C=O) groups is 1. The Morgan fingerprint density at radius 1 is 1.09 bits per heavy atom. The van der Waals surface area contributed by atoms with Crippen molar-refractivity contribution in [1.82, 2.24) is 10.3 Å². The molecule has 10 heteroatoms. The minimum atomic E-state index is -3.88. The Hall–Kier alpha value is -2.92. The fourth-order valence-electron chi connectivity index (χ4n) is 3.58. The van der Waals surface area contributed by atoms with E-state index in [0.29, 0.717) is 5.56 Å². The third-order valence-electron chi connectivity index (χ3n) is 5.10. The normalized spacial score (nSPS) is 17.9. The van der Waals surface area contributed by atoms with E-state index in [-0.39, 0.29) is 45.9 Å². The van der Waals surface area contributed by atoms with Crippen molar-refractivity contribution in [1.29, 1.82) is 0 Å². The van der Waals surface area contributed by atoms with Crippen LogP contribution in [0.5, 0.6) is 5.75 Å². The Balaban J connectivity index is 1.54. The molecule has 0 saturated heterocycles. The van der Waals surface area contributed by atoms with E-state index in [4.69, 9.17) is 4.74 Å². The molecular weight excluding hydrogens is 452 g/mol. The van der Waals surface area contributed by atoms with E-state index < -0.39 is 25.7 Å². The molecule has 2 heterocycles. The molecule has 3 N–H and O–H groups in total. The first-order valence-corrected chi connectivity index (χ1v) is 13.1. The average Bonchev–Trinajstić information content (AvgIpc) is 3.10. The van der Waals surface area contributed by atoms with Crippen LogP contribution in [-0.2, 0) is 9.84 Å². The number of carbonyl (C=O) groups excluding carboxylic acids is 1. The number of rotatable bonds is 7. The lowest BCUT2D eigenvalue weighted by Crippen LogP contribution is -2.28. The zero-order valence-corrected chi connectivity index (χ0v) is 18.6. The smallest absolute Gasteiger partial charge is 0.252 e. The highest BCUT2D eigenvalue weighted by Gasteiger charge is 2.45. The lowest BCUT2D eigenvalue weighted by molar-refractivity contribution is 0.0946. The molecule has 0 fully saturated rings. The molecule has 0 spiro atoms. The largest absolute Gasteiger partial charge is 0.491 e. The van der Waals surface area contributed by atoms with Crippen LogP contribution in [0.1, 0.15) is 21.2 Å². The molecule has 1 aliphatic rings. The summed E-state index contributed by atoms with van der Waals surface area (Å²) in [6.45, 7) is 0.240. The van der Waals surface area contributed by atoms with E-state index in [1.165, 1.54) is 24.4 Å². The lowest BCUT2D eigenvalue weighted by atomic mass is 10.1. The second-order valence-corrected chi connectivity index (χ2v) is 11.4. The lowest BCUT2D eigenvalue weighted by Gasteiger charge is -2.27. The topological polar surface area (TPSA) is 126 Å². The second kappa shape index (κ2) is 8.91. The molecule has 0 bridgehead atoms. The van der Waals surface area contributed by atoms with Gasteiger partial charge in [-0.1, -0.05) is 24.3 Å². The van der Waals surface area contributed by atoms with E-state index in [2.05, 4.69) is 10.3 Å². The number of amides is 1. The predicted octanol–water partition coefficient (Wildman–Crippen LogP) is 3.53. The van der Waals surface area contributed by atoms with Gasteiger partial charge in [-0.2, -0.15) is 10.6 Å². The summed E-state index contributed by atoms with van der Waals surface area (Å²) in [6.07, 6.45) is 3.02. The van der Waals surface area contributed by atoms with Crippen molar-refractivity contribution in [2.24, 2.45) is 0 Å². The van der Waals surface area contributed by atoms with Crippen LogP contribution in [0, 0.1) is 0 Å². The fraction of sp³-hybridized carbons (Fsp3) is 0.182. The zero-order valence-electron chi connectivity index (χ0n) is 16.9. The number of benzene rings is 2. The summed E-state index contributed by atoms with van der Waals surface area (Å²) in [5, 5.41) is 1.56. The maximum absolute atomic E-state index is 13.3. The van der Waals surface area contributed by atoms with Crippen LogP contribution >= 0.6 is 10.6 Å². The predicted molar refractivity (Wildman–Crippen MR) is 121 cm³/mol. The second-order valence-electron chi connectivity index (χ2n) is 7.19. The third-order valence-corrected chi connectivity index (χ3v) is 9.25. The minimum absolute atomic E-state index is 0.0692. The number of hydrogen-bond acceptors (Lipinski definition) is 7. The summed E-state index contributed by atoms with van der Waals surface area (Å²) in [4.78, 5) is 16.3. The quantitative estimate of drug-likeness (QED) is 0.447. The Bertz CT molecular complexity index is 1220. The number of sulfone groups is 1. The van der Waals surface area contributed by atoms with Gasteiger partial charge in [0.15, 0.2) is 9.84 Å². The molecule has 3 aromatic rings. The summed E-state index contributed by atoms with van der Waals surface area (Å²) in [7, 11) is -7.17. The zero-order chi connectivity index (χ0) is 22.8.